The highest BCUT2D eigenvalue weighted by Crippen LogP contribution is 2.30. The van der Waals surface area contributed by atoms with Gasteiger partial charge in [-0.25, -0.2) is 0 Å². The number of carbonyl (C=O) groups is 1. The van der Waals surface area contributed by atoms with Crippen molar-refractivity contribution in [2.24, 2.45) is 0 Å². The van der Waals surface area contributed by atoms with Gasteiger partial charge in [-0.2, -0.15) is 0 Å². The van der Waals surface area contributed by atoms with Crippen molar-refractivity contribution in [3.63, 3.8) is 0 Å². The van der Waals surface area contributed by atoms with Gasteiger partial charge >= 0.3 is 0 Å². The number of halogens is 1. The number of amides is 1. The second kappa shape index (κ2) is 7.33. The molecule has 1 amide bonds. The van der Waals surface area contributed by atoms with Gasteiger partial charge in [0, 0.05) is 31.4 Å². The van der Waals surface area contributed by atoms with Crippen molar-refractivity contribution in [2.75, 3.05) is 26.7 Å². The molecule has 2 N–H and O–H groups in total. The maximum absolute atomic E-state index is 12.7. The van der Waals surface area contributed by atoms with Crippen LogP contribution in [0, 0.1) is 0 Å². The van der Waals surface area contributed by atoms with Gasteiger partial charge in [0.25, 0.3) is 5.91 Å². The number of piperazine rings is 1. The number of aromatic amines is 1. The van der Waals surface area contributed by atoms with Crippen LogP contribution in [0.25, 0.3) is 0 Å². The molecule has 0 spiro atoms. The molecule has 0 saturated carbocycles. The van der Waals surface area contributed by atoms with Crippen molar-refractivity contribution in [3.8, 4) is 5.75 Å². The zero-order chi connectivity index (χ0) is 14.7. The lowest BCUT2D eigenvalue weighted by atomic mass is 10.0. The van der Waals surface area contributed by atoms with E-state index >= 15 is 0 Å². The maximum atomic E-state index is 12.7. The minimum Gasteiger partial charge on any atom is -0.496 e. The topological polar surface area (TPSA) is 57.4 Å². The highest BCUT2D eigenvalue weighted by Gasteiger charge is 2.30. The molecule has 1 aromatic carbocycles. The van der Waals surface area contributed by atoms with Gasteiger partial charge in [0.2, 0.25) is 0 Å². The van der Waals surface area contributed by atoms with E-state index in [4.69, 9.17) is 4.74 Å². The molecule has 1 saturated heterocycles. The largest absolute Gasteiger partial charge is 0.496 e. The fourth-order valence-electron chi connectivity index (χ4n) is 2.79. The summed E-state index contributed by atoms with van der Waals surface area (Å²) in [6.07, 6.45) is 1.77. The van der Waals surface area contributed by atoms with Crippen LogP contribution in [0.15, 0.2) is 42.6 Å². The van der Waals surface area contributed by atoms with Gasteiger partial charge < -0.3 is 19.9 Å². The number of nitrogens with one attached hydrogen (secondary N) is 2. The Balaban J connectivity index is 0.00000176. The predicted molar refractivity (Wildman–Crippen MR) is 87.7 cm³/mol. The van der Waals surface area contributed by atoms with Crippen LogP contribution in [0.3, 0.4) is 0 Å². The van der Waals surface area contributed by atoms with E-state index < -0.39 is 0 Å². The van der Waals surface area contributed by atoms with Crippen molar-refractivity contribution >= 4 is 18.3 Å². The maximum Gasteiger partial charge on any atom is 0.270 e. The van der Waals surface area contributed by atoms with Gasteiger partial charge in [-0.3, -0.25) is 4.79 Å². The lowest BCUT2D eigenvalue weighted by Crippen LogP contribution is -2.48. The number of nitrogens with zero attached hydrogens (tertiary/aromatic N) is 1. The average Bonchev–Trinajstić information content (AvgIpc) is 3.08. The number of para-hydroxylation sites is 1. The third-order valence-corrected chi connectivity index (χ3v) is 3.83. The number of carbonyl (C=O) groups excluding carboxylic acids is 1. The van der Waals surface area contributed by atoms with Gasteiger partial charge in [-0.15, -0.1) is 12.4 Å². The quantitative estimate of drug-likeness (QED) is 0.911. The van der Waals surface area contributed by atoms with E-state index in [1.54, 1.807) is 13.3 Å². The molecule has 6 heteroatoms. The number of H-pyrrole nitrogens is 1. The van der Waals surface area contributed by atoms with Gasteiger partial charge in [-0.1, -0.05) is 18.2 Å². The first-order valence-electron chi connectivity index (χ1n) is 7.09. The monoisotopic (exact) mass is 321 g/mol. The molecule has 1 fully saturated rings. The zero-order valence-electron chi connectivity index (χ0n) is 12.4. The molecule has 1 aliphatic heterocycles. The Morgan fingerprint density at radius 3 is 2.82 bits per heavy atom. The number of hydrogen-bond acceptors (Lipinski definition) is 3. The fraction of sp³-hybridized carbons (Fsp3) is 0.312. The Hall–Kier alpha value is -1.98. The van der Waals surface area contributed by atoms with Crippen molar-refractivity contribution in [3.05, 3.63) is 53.9 Å². The van der Waals surface area contributed by atoms with Crippen LogP contribution in [0.5, 0.6) is 5.75 Å². The molecule has 3 rings (SSSR count). The molecule has 5 nitrogen and oxygen atoms in total. The van der Waals surface area contributed by atoms with E-state index in [1.807, 2.05) is 41.3 Å². The number of ether oxygens (including phenoxy) is 1. The number of methoxy groups -OCH3 is 1. The molecule has 0 aliphatic carbocycles. The zero-order valence-corrected chi connectivity index (χ0v) is 13.2. The minimum atomic E-state index is -0.0225. The summed E-state index contributed by atoms with van der Waals surface area (Å²) in [5.41, 5.74) is 1.66. The standard InChI is InChI=1S/C16H19N3O2.ClH/c1-21-15-7-3-2-5-12(15)14-11-17-9-10-19(14)16(20)13-6-4-8-18-13;/h2-8,14,17-18H,9-11H2,1H3;1H. The molecule has 2 heterocycles. The normalized spacial score (nSPS) is 17.7. The SMILES string of the molecule is COc1ccccc1C1CNCCN1C(=O)c1ccc[nH]1.Cl. The van der Waals surface area contributed by atoms with Gasteiger partial charge in [-0.05, 0) is 18.2 Å². The molecule has 2 aromatic rings. The summed E-state index contributed by atoms with van der Waals surface area (Å²) in [4.78, 5) is 17.6. The highest BCUT2D eigenvalue weighted by atomic mass is 35.5. The lowest BCUT2D eigenvalue weighted by molar-refractivity contribution is 0.0626. The Bertz CT molecular complexity index is 616. The summed E-state index contributed by atoms with van der Waals surface area (Å²) < 4.78 is 5.44. The predicted octanol–water partition coefficient (Wildman–Crippen LogP) is 2.23. The molecule has 1 unspecified atom stereocenters. The summed E-state index contributed by atoms with van der Waals surface area (Å²) in [5, 5.41) is 3.36. The first-order valence-corrected chi connectivity index (χ1v) is 7.09. The van der Waals surface area contributed by atoms with Crippen LogP contribution in [0.2, 0.25) is 0 Å². The molecule has 1 aliphatic rings. The van der Waals surface area contributed by atoms with E-state index in [0.29, 0.717) is 12.2 Å². The van der Waals surface area contributed by atoms with Crippen molar-refractivity contribution in [1.29, 1.82) is 0 Å². The second-order valence-electron chi connectivity index (χ2n) is 5.04. The number of rotatable bonds is 3. The van der Waals surface area contributed by atoms with Gasteiger partial charge in [0.15, 0.2) is 0 Å². The third kappa shape index (κ3) is 3.10. The van der Waals surface area contributed by atoms with E-state index in [-0.39, 0.29) is 24.4 Å². The summed E-state index contributed by atoms with van der Waals surface area (Å²) in [6.45, 7) is 2.21. The lowest BCUT2D eigenvalue weighted by Gasteiger charge is -2.36. The van der Waals surface area contributed by atoms with Crippen LogP contribution >= 0.6 is 12.4 Å². The average molecular weight is 322 g/mol. The molecule has 0 bridgehead atoms. The van der Waals surface area contributed by atoms with Crippen LogP contribution in [0.1, 0.15) is 22.1 Å². The van der Waals surface area contributed by atoms with Gasteiger partial charge in [0.1, 0.15) is 11.4 Å². The number of hydrogen-bond donors (Lipinski definition) is 2. The van der Waals surface area contributed by atoms with E-state index in [9.17, 15) is 4.79 Å². The van der Waals surface area contributed by atoms with Crippen LogP contribution < -0.4 is 10.1 Å². The molecule has 1 atom stereocenters. The van der Waals surface area contributed by atoms with Crippen LogP contribution in [0.4, 0.5) is 0 Å². The fourth-order valence-corrected chi connectivity index (χ4v) is 2.79. The Morgan fingerprint density at radius 1 is 1.27 bits per heavy atom. The number of aromatic nitrogens is 1. The molecule has 22 heavy (non-hydrogen) atoms. The smallest absolute Gasteiger partial charge is 0.270 e. The number of benzene rings is 1. The van der Waals surface area contributed by atoms with E-state index in [1.165, 1.54) is 0 Å². The first-order chi connectivity index (χ1) is 10.3. The first kappa shape index (κ1) is 16.4. The van der Waals surface area contributed by atoms with Crippen molar-refractivity contribution in [2.45, 2.75) is 6.04 Å². The summed E-state index contributed by atoms with van der Waals surface area (Å²) in [7, 11) is 1.66. The second-order valence-corrected chi connectivity index (χ2v) is 5.04. The van der Waals surface area contributed by atoms with Crippen LogP contribution in [-0.4, -0.2) is 42.5 Å². The molecular formula is C16H20ClN3O2. The van der Waals surface area contributed by atoms with Gasteiger partial charge in [0.05, 0.1) is 13.2 Å². The summed E-state index contributed by atoms with van der Waals surface area (Å²) in [5.74, 6) is 0.841. The molecule has 0 radical (unpaired) electrons. The van der Waals surface area contributed by atoms with Crippen molar-refractivity contribution in [1.82, 2.24) is 15.2 Å². The molecule has 118 valence electrons. The third-order valence-electron chi connectivity index (χ3n) is 3.83. The Kier molecular flexibility index (Phi) is 5.46. The summed E-state index contributed by atoms with van der Waals surface area (Å²) in [6, 6.07) is 11.5. The van der Waals surface area contributed by atoms with E-state index in [2.05, 4.69) is 10.3 Å². The Labute approximate surface area is 136 Å². The molecular weight excluding hydrogens is 302 g/mol. The van der Waals surface area contributed by atoms with E-state index in [0.717, 1.165) is 24.4 Å². The Morgan fingerprint density at radius 2 is 2.09 bits per heavy atom. The van der Waals surface area contributed by atoms with Crippen LogP contribution in [-0.2, 0) is 0 Å². The summed E-state index contributed by atoms with van der Waals surface area (Å²) >= 11 is 0. The highest BCUT2D eigenvalue weighted by molar-refractivity contribution is 5.92. The minimum absolute atomic E-state index is 0. The van der Waals surface area contributed by atoms with Crippen molar-refractivity contribution < 1.29 is 9.53 Å². The molecule has 1 aromatic heterocycles.